The molecule has 1 heterocycles. The lowest BCUT2D eigenvalue weighted by Gasteiger charge is -2.36. The minimum absolute atomic E-state index is 0.133. The quantitative estimate of drug-likeness (QED) is 0.361. The molecule has 2 N–H and O–H groups in total. The molecule has 1 fully saturated rings. The molecule has 168 valence electrons. The molecule has 0 radical (unpaired) electrons. The zero-order chi connectivity index (χ0) is 22.8. The normalized spacial score (nSPS) is 15.6. The van der Waals surface area contributed by atoms with Crippen molar-refractivity contribution in [2.75, 3.05) is 19.7 Å². The van der Waals surface area contributed by atoms with Gasteiger partial charge in [0.25, 0.3) is 0 Å². The Kier molecular flexibility index (Phi) is 8.74. The molecule has 0 unspecified atom stereocenters. The second kappa shape index (κ2) is 12.0. The van der Waals surface area contributed by atoms with Gasteiger partial charge in [-0.25, -0.2) is 0 Å². The zero-order valence-corrected chi connectivity index (χ0v) is 18.6. The Morgan fingerprint density at radius 1 is 1.06 bits per heavy atom. The molecule has 0 spiro atoms. The van der Waals surface area contributed by atoms with Crippen LogP contribution in [0.5, 0.6) is 0 Å². The Hall–Kier alpha value is -3.26. The van der Waals surface area contributed by atoms with Crippen molar-refractivity contribution in [1.29, 1.82) is 0 Å². The number of nitrogens with one attached hydrogen (secondary N) is 2. The van der Waals surface area contributed by atoms with Gasteiger partial charge in [0, 0.05) is 13.1 Å². The molecule has 2 aromatic carbocycles. The molecule has 0 aromatic heterocycles. The van der Waals surface area contributed by atoms with E-state index in [0.29, 0.717) is 19.5 Å². The number of carbonyl (C=O) groups is 3. The van der Waals surface area contributed by atoms with Crippen molar-refractivity contribution >= 4 is 35.1 Å². The maximum atomic E-state index is 12.4. The molecule has 1 atom stereocenters. The van der Waals surface area contributed by atoms with Gasteiger partial charge in [0.15, 0.2) is 5.11 Å². The first-order chi connectivity index (χ1) is 15.5. The zero-order valence-electron chi connectivity index (χ0n) is 17.8. The summed E-state index contributed by atoms with van der Waals surface area (Å²) in [6, 6.07) is 18.4. The molecule has 32 heavy (non-hydrogen) atoms. The van der Waals surface area contributed by atoms with Crippen LogP contribution in [-0.2, 0) is 32.0 Å². The third-order valence-corrected chi connectivity index (χ3v) is 5.46. The lowest BCUT2D eigenvalue weighted by molar-refractivity contribution is -0.147. The van der Waals surface area contributed by atoms with Crippen molar-refractivity contribution in [3.05, 3.63) is 71.8 Å². The molecule has 2 aromatic rings. The van der Waals surface area contributed by atoms with Crippen molar-refractivity contribution in [1.82, 2.24) is 15.5 Å². The molecular formula is C24H27N3O4S. The number of hydrogen-bond donors (Lipinski definition) is 2. The van der Waals surface area contributed by atoms with Crippen LogP contribution in [0, 0.1) is 0 Å². The summed E-state index contributed by atoms with van der Waals surface area (Å²) >= 11 is 5.37. The van der Waals surface area contributed by atoms with Crippen LogP contribution < -0.4 is 10.6 Å². The Morgan fingerprint density at radius 3 is 2.41 bits per heavy atom. The van der Waals surface area contributed by atoms with Gasteiger partial charge in [0.1, 0.15) is 6.04 Å². The predicted octanol–water partition coefficient (Wildman–Crippen LogP) is 2.00. The van der Waals surface area contributed by atoms with Gasteiger partial charge in [0.2, 0.25) is 11.8 Å². The van der Waals surface area contributed by atoms with Crippen LogP contribution in [0.2, 0.25) is 0 Å². The molecular weight excluding hydrogens is 426 g/mol. The van der Waals surface area contributed by atoms with Gasteiger partial charge < -0.3 is 20.3 Å². The third kappa shape index (κ3) is 7.16. The number of aryl methyl sites for hydroxylation is 1. The molecule has 1 aliphatic rings. The van der Waals surface area contributed by atoms with E-state index >= 15 is 0 Å². The Bertz CT molecular complexity index is 937. The number of rotatable bonds is 8. The maximum Gasteiger partial charge on any atom is 0.308 e. The van der Waals surface area contributed by atoms with Crippen LogP contribution in [0.3, 0.4) is 0 Å². The smallest absolute Gasteiger partial charge is 0.308 e. The summed E-state index contributed by atoms with van der Waals surface area (Å²) in [5.74, 6) is -1.05. The van der Waals surface area contributed by atoms with Gasteiger partial charge in [-0.3, -0.25) is 14.4 Å². The van der Waals surface area contributed by atoms with Crippen LogP contribution >= 0.6 is 12.2 Å². The number of thiocarbonyl (C=S) groups is 1. The maximum absolute atomic E-state index is 12.4. The number of piperazine rings is 1. The molecule has 0 saturated carbocycles. The second-order valence-corrected chi connectivity index (χ2v) is 7.92. The first kappa shape index (κ1) is 23.4. The minimum Gasteiger partial charge on any atom is -0.466 e. The Labute approximate surface area is 193 Å². The fourth-order valence-corrected chi connectivity index (χ4v) is 3.83. The molecule has 1 aliphatic heterocycles. The highest BCUT2D eigenvalue weighted by atomic mass is 32.1. The standard InChI is InChI=1S/C24H27N3O4S/c28-21(16-19-10-5-2-6-11-19)26-24(32)27-14-13-25-23(30)20(27)17-22(29)31-15-7-12-18-8-3-1-4-9-18/h1-6,8-11,20H,7,12-17H2,(H,25,30)(H,26,28,32)/t20-/m0/s1. The topological polar surface area (TPSA) is 87.7 Å². The van der Waals surface area contributed by atoms with Gasteiger partial charge in [-0.2, -0.15) is 0 Å². The molecule has 1 saturated heterocycles. The van der Waals surface area contributed by atoms with Gasteiger partial charge >= 0.3 is 5.97 Å². The number of ether oxygens (including phenoxy) is 1. The highest BCUT2D eigenvalue weighted by molar-refractivity contribution is 7.80. The number of hydrogen-bond acceptors (Lipinski definition) is 5. The van der Waals surface area contributed by atoms with Crippen LogP contribution in [-0.4, -0.2) is 53.5 Å². The lowest BCUT2D eigenvalue weighted by atomic mass is 10.1. The summed E-state index contributed by atoms with van der Waals surface area (Å²) in [4.78, 5) is 38.7. The van der Waals surface area contributed by atoms with Crippen molar-refractivity contribution in [3.63, 3.8) is 0 Å². The highest BCUT2D eigenvalue weighted by Gasteiger charge is 2.34. The van der Waals surface area contributed by atoms with Crippen molar-refractivity contribution in [2.24, 2.45) is 0 Å². The van der Waals surface area contributed by atoms with E-state index in [1.54, 1.807) is 4.90 Å². The van der Waals surface area contributed by atoms with E-state index in [9.17, 15) is 14.4 Å². The second-order valence-electron chi connectivity index (χ2n) is 7.53. The fourth-order valence-electron chi connectivity index (χ4n) is 3.50. The first-order valence-electron chi connectivity index (χ1n) is 10.6. The summed E-state index contributed by atoms with van der Waals surface area (Å²) < 4.78 is 5.33. The first-order valence-corrected chi connectivity index (χ1v) is 11.1. The predicted molar refractivity (Wildman–Crippen MR) is 125 cm³/mol. The van der Waals surface area contributed by atoms with Gasteiger partial charge in [-0.1, -0.05) is 60.7 Å². The average Bonchev–Trinajstić information content (AvgIpc) is 2.79. The SMILES string of the molecule is O=C(Cc1ccccc1)NC(=S)N1CCNC(=O)[C@@H]1CC(=O)OCCCc1ccccc1. The van der Waals surface area contributed by atoms with Crippen LogP contribution in [0.4, 0.5) is 0 Å². The summed E-state index contributed by atoms with van der Waals surface area (Å²) in [6.07, 6.45) is 1.55. The Morgan fingerprint density at radius 2 is 1.72 bits per heavy atom. The van der Waals surface area contributed by atoms with Crippen LogP contribution in [0.25, 0.3) is 0 Å². The monoisotopic (exact) mass is 453 g/mol. The molecule has 0 aliphatic carbocycles. The summed E-state index contributed by atoms with van der Waals surface area (Å²) in [7, 11) is 0. The van der Waals surface area contributed by atoms with Crippen molar-refractivity contribution < 1.29 is 19.1 Å². The van der Waals surface area contributed by atoms with E-state index in [1.165, 1.54) is 5.56 Å². The largest absolute Gasteiger partial charge is 0.466 e. The van der Waals surface area contributed by atoms with Crippen molar-refractivity contribution in [3.8, 4) is 0 Å². The van der Waals surface area contributed by atoms with E-state index in [0.717, 1.165) is 12.0 Å². The number of benzene rings is 2. The van der Waals surface area contributed by atoms with E-state index < -0.39 is 12.0 Å². The average molecular weight is 454 g/mol. The molecule has 8 heteroatoms. The van der Waals surface area contributed by atoms with Gasteiger partial charge in [0.05, 0.1) is 19.4 Å². The van der Waals surface area contributed by atoms with E-state index in [2.05, 4.69) is 10.6 Å². The van der Waals surface area contributed by atoms with Gasteiger partial charge in [-0.05, 0) is 36.2 Å². The van der Waals surface area contributed by atoms with Crippen LogP contribution in [0.15, 0.2) is 60.7 Å². The fraction of sp³-hybridized carbons (Fsp3) is 0.333. The molecule has 3 rings (SSSR count). The van der Waals surface area contributed by atoms with Crippen molar-refractivity contribution in [2.45, 2.75) is 31.7 Å². The molecule has 2 amide bonds. The van der Waals surface area contributed by atoms with E-state index in [4.69, 9.17) is 17.0 Å². The van der Waals surface area contributed by atoms with Gasteiger partial charge in [-0.15, -0.1) is 0 Å². The number of carbonyl (C=O) groups excluding carboxylic acids is 3. The lowest BCUT2D eigenvalue weighted by Crippen LogP contribution is -2.60. The van der Waals surface area contributed by atoms with E-state index in [-0.39, 0.29) is 36.4 Å². The van der Waals surface area contributed by atoms with Crippen LogP contribution in [0.1, 0.15) is 24.0 Å². The molecule has 0 bridgehead atoms. The van der Waals surface area contributed by atoms with E-state index in [1.807, 2.05) is 60.7 Å². The summed E-state index contributed by atoms with van der Waals surface area (Å²) in [5.41, 5.74) is 2.04. The third-order valence-electron chi connectivity index (χ3n) is 5.12. The molecule has 7 nitrogen and oxygen atoms in total. The number of amides is 2. The minimum atomic E-state index is -0.810. The summed E-state index contributed by atoms with van der Waals surface area (Å²) in [5, 5.41) is 5.56. The summed E-state index contributed by atoms with van der Waals surface area (Å²) in [6.45, 7) is 1.07. The number of esters is 1. The highest BCUT2D eigenvalue weighted by Crippen LogP contribution is 2.12. The Balaban J connectivity index is 1.48. The number of nitrogens with zero attached hydrogens (tertiary/aromatic N) is 1.